The van der Waals surface area contributed by atoms with Gasteiger partial charge in [0.15, 0.2) is 0 Å². The minimum atomic E-state index is -3.59. The number of anilines is 1. The zero-order chi connectivity index (χ0) is 14.6. The Kier molecular flexibility index (Phi) is 4.26. The van der Waals surface area contributed by atoms with Crippen LogP contribution in [-0.2, 0) is 16.6 Å². The molecular formula is C14H16N2O3S. The molecule has 0 atom stereocenters. The predicted octanol–water partition coefficient (Wildman–Crippen LogP) is 1.76. The molecule has 0 aliphatic rings. The van der Waals surface area contributed by atoms with Gasteiger partial charge in [0.2, 0.25) is 10.0 Å². The maximum absolute atomic E-state index is 12.2. The Balaban J connectivity index is 2.18. The SMILES string of the molecule is COc1cc(S(=O)(=O)NCc2ccccc2)ccc1N. The van der Waals surface area contributed by atoms with Crippen molar-refractivity contribution in [3.05, 3.63) is 54.1 Å². The summed E-state index contributed by atoms with van der Waals surface area (Å²) in [5, 5.41) is 0. The molecule has 0 fully saturated rings. The zero-order valence-corrected chi connectivity index (χ0v) is 11.9. The van der Waals surface area contributed by atoms with Gasteiger partial charge in [0, 0.05) is 12.6 Å². The van der Waals surface area contributed by atoms with Crippen LogP contribution < -0.4 is 15.2 Å². The van der Waals surface area contributed by atoms with Crippen LogP contribution >= 0.6 is 0 Å². The Bertz CT molecular complexity index is 685. The molecule has 2 aromatic carbocycles. The molecule has 0 amide bonds. The van der Waals surface area contributed by atoms with E-state index in [0.29, 0.717) is 11.4 Å². The average molecular weight is 292 g/mol. The molecule has 20 heavy (non-hydrogen) atoms. The summed E-state index contributed by atoms with van der Waals surface area (Å²) in [6, 6.07) is 13.7. The van der Waals surface area contributed by atoms with Crippen LogP contribution in [0.1, 0.15) is 5.56 Å². The van der Waals surface area contributed by atoms with Crippen LogP contribution in [-0.4, -0.2) is 15.5 Å². The monoisotopic (exact) mass is 292 g/mol. The lowest BCUT2D eigenvalue weighted by molar-refractivity contribution is 0.415. The van der Waals surface area contributed by atoms with E-state index in [2.05, 4.69) is 4.72 Å². The quantitative estimate of drug-likeness (QED) is 0.823. The van der Waals surface area contributed by atoms with Gasteiger partial charge in [0.05, 0.1) is 17.7 Å². The molecule has 2 rings (SSSR count). The first kappa shape index (κ1) is 14.4. The third-order valence-corrected chi connectivity index (χ3v) is 4.22. The van der Waals surface area contributed by atoms with Crippen molar-refractivity contribution in [3.63, 3.8) is 0 Å². The number of sulfonamides is 1. The fourth-order valence-corrected chi connectivity index (χ4v) is 2.75. The fraction of sp³-hybridized carbons (Fsp3) is 0.143. The first-order valence-electron chi connectivity index (χ1n) is 6.00. The van der Waals surface area contributed by atoms with Gasteiger partial charge in [-0.2, -0.15) is 0 Å². The summed E-state index contributed by atoms with van der Waals surface area (Å²) in [5.74, 6) is 0.340. The van der Waals surface area contributed by atoms with Crippen LogP contribution in [0.5, 0.6) is 5.75 Å². The second-order valence-corrected chi connectivity index (χ2v) is 5.98. The summed E-state index contributed by atoms with van der Waals surface area (Å²) >= 11 is 0. The average Bonchev–Trinajstić information content (AvgIpc) is 2.46. The number of ether oxygens (including phenoxy) is 1. The van der Waals surface area contributed by atoms with E-state index < -0.39 is 10.0 Å². The van der Waals surface area contributed by atoms with Gasteiger partial charge in [-0.1, -0.05) is 30.3 Å². The van der Waals surface area contributed by atoms with E-state index in [0.717, 1.165) is 5.56 Å². The maximum atomic E-state index is 12.2. The van der Waals surface area contributed by atoms with E-state index in [1.807, 2.05) is 30.3 Å². The molecule has 0 aliphatic carbocycles. The van der Waals surface area contributed by atoms with Crippen LogP contribution in [0.15, 0.2) is 53.4 Å². The summed E-state index contributed by atoms with van der Waals surface area (Å²) in [7, 11) is -2.15. The van der Waals surface area contributed by atoms with Crippen LogP contribution in [0.25, 0.3) is 0 Å². The summed E-state index contributed by atoms with van der Waals surface area (Å²) in [6.45, 7) is 0.232. The van der Waals surface area contributed by atoms with Gasteiger partial charge in [0.1, 0.15) is 5.75 Å². The molecule has 0 spiro atoms. The van der Waals surface area contributed by atoms with Crippen LogP contribution in [0.3, 0.4) is 0 Å². The molecule has 0 unspecified atom stereocenters. The number of nitrogens with one attached hydrogen (secondary N) is 1. The van der Waals surface area contributed by atoms with Crippen molar-refractivity contribution in [1.82, 2.24) is 4.72 Å². The number of hydrogen-bond donors (Lipinski definition) is 2. The number of hydrogen-bond acceptors (Lipinski definition) is 4. The molecule has 0 aliphatic heterocycles. The van der Waals surface area contributed by atoms with Gasteiger partial charge in [-0.25, -0.2) is 13.1 Å². The third-order valence-electron chi connectivity index (χ3n) is 2.82. The van der Waals surface area contributed by atoms with Crippen molar-refractivity contribution in [1.29, 1.82) is 0 Å². The lowest BCUT2D eigenvalue weighted by atomic mass is 10.2. The van der Waals surface area contributed by atoms with Gasteiger partial charge in [-0.3, -0.25) is 0 Å². The van der Waals surface area contributed by atoms with Crippen molar-refractivity contribution in [2.24, 2.45) is 0 Å². The molecular weight excluding hydrogens is 276 g/mol. The molecule has 0 heterocycles. The number of benzene rings is 2. The van der Waals surface area contributed by atoms with Gasteiger partial charge in [-0.15, -0.1) is 0 Å². The smallest absolute Gasteiger partial charge is 0.241 e. The second-order valence-electron chi connectivity index (χ2n) is 4.21. The first-order chi connectivity index (χ1) is 9.53. The topological polar surface area (TPSA) is 81.4 Å². The van der Waals surface area contributed by atoms with E-state index >= 15 is 0 Å². The summed E-state index contributed by atoms with van der Waals surface area (Å²) < 4.78 is 31.9. The van der Waals surface area contributed by atoms with Gasteiger partial charge in [0.25, 0.3) is 0 Å². The highest BCUT2D eigenvalue weighted by molar-refractivity contribution is 7.89. The number of nitrogens with two attached hydrogens (primary N) is 1. The molecule has 5 nitrogen and oxygen atoms in total. The molecule has 0 radical (unpaired) electrons. The molecule has 0 aromatic heterocycles. The van der Waals surface area contributed by atoms with E-state index in [1.54, 1.807) is 0 Å². The number of methoxy groups -OCH3 is 1. The minimum Gasteiger partial charge on any atom is -0.495 e. The van der Waals surface area contributed by atoms with E-state index in [1.165, 1.54) is 25.3 Å². The van der Waals surface area contributed by atoms with Crippen LogP contribution in [0.4, 0.5) is 5.69 Å². The second kappa shape index (κ2) is 5.94. The zero-order valence-electron chi connectivity index (χ0n) is 11.0. The molecule has 0 saturated heterocycles. The fourth-order valence-electron chi connectivity index (χ4n) is 1.72. The molecule has 106 valence electrons. The van der Waals surface area contributed by atoms with Crippen LogP contribution in [0.2, 0.25) is 0 Å². The standard InChI is InChI=1S/C14H16N2O3S/c1-19-14-9-12(7-8-13(14)15)20(17,18)16-10-11-5-3-2-4-6-11/h2-9,16H,10,15H2,1H3. The van der Waals surface area contributed by atoms with Crippen molar-refractivity contribution in [2.75, 3.05) is 12.8 Å². The highest BCUT2D eigenvalue weighted by Gasteiger charge is 2.15. The van der Waals surface area contributed by atoms with E-state index in [-0.39, 0.29) is 11.4 Å². The normalized spacial score (nSPS) is 11.2. The number of nitrogen functional groups attached to an aromatic ring is 1. The predicted molar refractivity (Wildman–Crippen MR) is 77.9 cm³/mol. The largest absolute Gasteiger partial charge is 0.495 e. The Labute approximate surface area is 118 Å². The molecule has 0 bridgehead atoms. The molecule has 6 heteroatoms. The third kappa shape index (κ3) is 3.28. The highest BCUT2D eigenvalue weighted by atomic mass is 32.2. The van der Waals surface area contributed by atoms with Crippen molar-refractivity contribution in [2.45, 2.75) is 11.4 Å². The van der Waals surface area contributed by atoms with E-state index in [9.17, 15) is 8.42 Å². The maximum Gasteiger partial charge on any atom is 0.241 e. The Morgan fingerprint density at radius 1 is 1.15 bits per heavy atom. The molecule has 3 N–H and O–H groups in total. The van der Waals surface area contributed by atoms with E-state index in [4.69, 9.17) is 10.5 Å². The van der Waals surface area contributed by atoms with Crippen molar-refractivity contribution < 1.29 is 13.2 Å². The van der Waals surface area contributed by atoms with Crippen LogP contribution in [0, 0.1) is 0 Å². The Morgan fingerprint density at radius 2 is 1.85 bits per heavy atom. The lowest BCUT2D eigenvalue weighted by Gasteiger charge is -2.09. The number of rotatable bonds is 5. The summed E-state index contributed by atoms with van der Waals surface area (Å²) in [5.41, 5.74) is 6.95. The highest BCUT2D eigenvalue weighted by Crippen LogP contribution is 2.24. The minimum absolute atomic E-state index is 0.125. The summed E-state index contributed by atoms with van der Waals surface area (Å²) in [6.07, 6.45) is 0. The molecule has 0 saturated carbocycles. The first-order valence-corrected chi connectivity index (χ1v) is 7.48. The van der Waals surface area contributed by atoms with Crippen molar-refractivity contribution >= 4 is 15.7 Å². The summed E-state index contributed by atoms with van der Waals surface area (Å²) in [4.78, 5) is 0.125. The molecule has 2 aromatic rings. The van der Waals surface area contributed by atoms with Gasteiger partial charge in [-0.05, 0) is 17.7 Å². The Hall–Kier alpha value is -2.05. The Morgan fingerprint density at radius 3 is 2.50 bits per heavy atom. The van der Waals surface area contributed by atoms with Crippen molar-refractivity contribution in [3.8, 4) is 5.75 Å². The lowest BCUT2D eigenvalue weighted by Crippen LogP contribution is -2.23. The van der Waals surface area contributed by atoms with Gasteiger partial charge < -0.3 is 10.5 Å². The van der Waals surface area contributed by atoms with Gasteiger partial charge >= 0.3 is 0 Å².